The van der Waals surface area contributed by atoms with Crippen molar-refractivity contribution in [1.29, 1.82) is 0 Å². The zero-order valence-corrected chi connectivity index (χ0v) is 13.5. The lowest BCUT2D eigenvalue weighted by Crippen LogP contribution is -2.27. The van der Waals surface area contributed by atoms with E-state index in [1.807, 2.05) is 12.3 Å². The standard InChI is InChI=1S/C10H11BrN2O2S3/c1-7(10-12-4-5-16-10)6-13-18(14,15)9-3-2-8(11)17-9/h2-5,7,13H,6H2,1H3. The lowest BCUT2D eigenvalue weighted by Gasteiger charge is -2.09. The minimum absolute atomic E-state index is 0.0724. The molecule has 0 aromatic carbocycles. The number of hydrogen-bond acceptors (Lipinski definition) is 5. The number of aromatic nitrogens is 1. The number of hydrogen-bond donors (Lipinski definition) is 1. The fourth-order valence-corrected chi connectivity index (χ4v) is 5.20. The van der Waals surface area contributed by atoms with Gasteiger partial charge >= 0.3 is 0 Å². The summed E-state index contributed by atoms with van der Waals surface area (Å²) < 4.78 is 27.7. The second kappa shape index (κ2) is 5.79. The van der Waals surface area contributed by atoms with Crippen molar-refractivity contribution in [3.05, 3.63) is 32.5 Å². The van der Waals surface area contributed by atoms with E-state index >= 15 is 0 Å². The van der Waals surface area contributed by atoms with Gasteiger partial charge in [0, 0.05) is 24.0 Å². The van der Waals surface area contributed by atoms with Gasteiger partial charge in [0.05, 0.1) is 8.79 Å². The maximum Gasteiger partial charge on any atom is 0.250 e. The summed E-state index contributed by atoms with van der Waals surface area (Å²) >= 11 is 5.98. The van der Waals surface area contributed by atoms with E-state index < -0.39 is 10.0 Å². The molecule has 0 saturated heterocycles. The molecule has 0 aliphatic carbocycles. The predicted octanol–water partition coefficient (Wildman–Crippen LogP) is 3.05. The van der Waals surface area contributed by atoms with Gasteiger partial charge in [-0.15, -0.1) is 22.7 Å². The number of thiazole rings is 1. The van der Waals surface area contributed by atoms with Gasteiger partial charge in [0.15, 0.2) is 0 Å². The molecule has 0 aliphatic rings. The van der Waals surface area contributed by atoms with Crippen molar-refractivity contribution in [2.45, 2.75) is 17.1 Å². The number of thiophene rings is 1. The van der Waals surface area contributed by atoms with Crippen molar-refractivity contribution in [3.63, 3.8) is 0 Å². The molecule has 98 valence electrons. The molecule has 1 N–H and O–H groups in total. The van der Waals surface area contributed by atoms with Gasteiger partial charge in [0.2, 0.25) is 10.0 Å². The van der Waals surface area contributed by atoms with Gasteiger partial charge in [-0.05, 0) is 28.1 Å². The first-order valence-corrected chi connectivity index (χ1v) is 9.10. The lowest BCUT2D eigenvalue weighted by atomic mass is 10.2. The third-order valence-corrected chi connectivity index (χ3v) is 6.81. The SMILES string of the molecule is CC(CNS(=O)(=O)c1ccc(Br)s1)c1nccs1. The van der Waals surface area contributed by atoms with E-state index in [9.17, 15) is 8.42 Å². The minimum Gasteiger partial charge on any atom is -0.249 e. The van der Waals surface area contributed by atoms with Crippen LogP contribution in [0.5, 0.6) is 0 Å². The van der Waals surface area contributed by atoms with Crippen molar-refractivity contribution in [2.24, 2.45) is 0 Å². The molecular weight excluding hydrogens is 356 g/mol. The molecule has 1 unspecified atom stereocenters. The number of halogens is 1. The number of nitrogens with zero attached hydrogens (tertiary/aromatic N) is 1. The maximum absolute atomic E-state index is 12.0. The van der Waals surface area contributed by atoms with E-state index in [4.69, 9.17) is 0 Å². The van der Waals surface area contributed by atoms with Crippen LogP contribution in [0.2, 0.25) is 0 Å². The summed E-state index contributed by atoms with van der Waals surface area (Å²) in [5.74, 6) is 0.0724. The number of nitrogens with one attached hydrogen (secondary N) is 1. The van der Waals surface area contributed by atoms with E-state index in [0.29, 0.717) is 10.8 Å². The topological polar surface area (TPSA) is 59.1 Å². The van der Waals surface area contributed by atoms with E-state index in [-0.39, 0.29) is 5.92 Å². The maximum atomic E-state index is 12.0. The fourth-order valence-electron chi connectivity index (χ4n) is 1.31. The molecule has 2 aromatic heterocycles. The third kappa shape index (κ3) is 3.39. The molecule has 0 radical (unpaired) electrons. The molecule has 0 amide bonds. The van der Waals surface area contributed by atoms with Gasteiger partial charge in [0.25, 0.3) is 0 Å². The highest BCUT2D eigenvalue weighted by molar-refractivity contribution is 9.11. The summed E-state index contributed by atoms with van der Waals surface area (Å²) in [7, 11) is -3.41. The van der Waals surface area contributed by atoms with E-state index in [1.165, 1.54) is 22.7 Å². The smallest absolute Gasteiger partial charge is 0.249 e. The molecule has 0 bridgehead atoms. The Bertz CT molecular complexity index is 607. The quantitative estimate of drug-likeness (QED) is 0.884. The van der Waals surface area contributed by atoms with Gasteiger partial charge in [-0.25, -0.2) is 18.1 Å². The zero-order chi connectivity index (χ0) is 13.2. The minimum atomic E-state index is -3.41. The summed E-state index contributed by atoms with van der Waals surface area (Å²) in [4.78, 5) is 4.17. The first-order chi connectivity index (χ1) is 8.49. The van der Waals surface area contributed by atoms with Crippen LogP contribution in [0.15, 0.2) is 31.7 Å². The predicted molar refractivity (Wildman–Crippen MR) is 77.7 cm³/mol. The van der Waals surface area contributed by atoms with Gasteiger partial charge in [-0.2, -0.15) is 0 Å². The van der Waals surface area contributed by atoms with Crippen LogP contribution in [-0.4, -0.2) is 19.9 Å². The molecular formula is C10H11BrN2O2S3. The van der Waals surface area contributed by atoms with Crippen LogP contribution >= 0.6 is 38.6 Å². The van der Waals surface area contributed by atoms with Crippen LogP contribution in [0.25, 0.3) is 0 Å². The van der Waals surface area contributed by atoms with E-state index in [0.717, 1.165) is 8.79 Å². The van der Waals surface area contributed by atoms with Crippen LogP contribution in [0, 0.1) is 0 Å². The molecule has 0 saturated carbocycles. The van der Waals surface area contributed by atoms with Crippen molar-refractivity contribution in [3.8, 4) is 0 Å². The summed E-state index contributed by atoms with van der Waals surface area (Å²) in [6, 6.07) is 3.31. The van der Waals surface area contributed by atoms with Gasteiger partial charge in [0.1, 0.15) is 4.21 Å². The van der Waals surface area contributed by atoms with Crippen LogP contribution < -0.4 is 4.72 Å². The Morgan fingerprint density at radius 2 is 2.28 bits per heavy atom. The van der Waals surface area contributed by atoms with Crippen molar-refractivity contribution >= 4 is 48.6 Å². The molecule has 0 aliphatic heterocycles. The van der Waals surface area contributed by atoms with Crippen LogP contribution in [0.3, 0.4) is 0 Å². The Kier molecular flexibility index (Phi) is 4.54. The molecule has 2 aromatic rings. The normalized spacial score (nSPS) is 13.7. The molecule has 2 rings (SSSR count). The first kappa shape index (κ1) is 14.1. The van der Waals surface area contributed by atoms with Gasteiger partial charge < -0.3 is 0 Å². The van der Waals surface area contributed by atoms with Gasteiger partial charge in [-0.3, -0.25) is 0 Å². The fraction of sp³-hybridized carbons (Fsp3) is 0.300. The Balaban J connectivity index is 2.02. The molecule has 8 heteroatoms. The molecule has 4 nitrogen and oxygen atoms in total. The second-order valence-corrected chi connectivity index (χ2v) is 9.06. The monoisotopic (exact) mass is 366 g/mol. The largest absolute Gasteiger partial charge is 0.250 e. The van der Waals surface area contributed by atoms with Gasteiger partial charge in [-0.1, -0.05) is 6.92 Å². The highest BCUT2D eigenvalue weighted by atomic mass is 79.9. The Morgan fingerprint density at radius 3 is 2.83 bits per heavy atom. The van der Waals surface area contributed by atoms with E-state index in [1.54, 1.807) is 18.3 Å². The lowest BCUT2D eigenvalue weighted by molar-refractivity contribution is 0.576. The van der Waals surface area contributed by atoms with E-state index in [2.05, 4.69) is 25.6 Å². The molecule has 0 fully saturated rings. The molecule has 1 atom stereocenters. The average Bonchev–Trinajstić information content (AvgIpc) is 2.96. The summed E-state index contributed by atoms with van der Waals surface area (Å²) in [5.41, 5.74) is 0. The van der Waals surface area contributed by atoms with Crippen LogP contribution in [0.1, 0.15) is 17.8 Å². The number of sulfonamides is 1. The van der Waals surface area contributed by atoms with Crippen molar-refractivity contribution in [1.82, 2.24) is 9.71 Å². The molecule has 18 heavy (non-hydrogen) atoms. The highest BCUT2D eigenvalue weighted by Gasteiger charge is 2.18. The summed E-state index contributed by atoms with van der Waals surface area (Å²) in [6.45, 7) is 2.30. The summed E-state index contributed by atoms with van der Waals surface area (Å²) in [5, 5.41) is 2.82. The Hall–Kier alpha value is -0.280. The van der Waals surface area contributed by atoms with Crippen molar-refractivity contribution in [2.75, 3.05) is 6.54 Å². The second-order valence-electron chi connectivity index (χ2n) is 3.68. The molecule has 0 spiro atoms. The Morgan fingerprint density at radius 1 is 1.50 bits per heavy atom. The van der Waals surface area contributed by atoms with Crippen LogP contribution in [0.4, 0.5) is 0 Å². The van der Waals surface area contributed by atoms with Crippen LogP contribution in [-0.2, 0) is 10.0 Å². The average molecular weight is 367 g/mol. The number of rotatable bonds is 5. The summed E-state index contributed by atoms with van der Waals surface area (Å²) in [6.07, 6.45) is 1.72. The third-order valence-electron chi connectivity index (χ3n) is 2.27. The zero-order valence-electron chi connectivity index (χ0n) is 9.46. The van der Waals surface area contributed by atoms with Crippen molar-refractivity contribution < 1.29 is 8.42 Å². The Labute approximate surface area is 122 Å². The highest BCUT2D eigenvalue weighted by Crippen LogP contribution is 2.26. The first-order valence-electron chi connectivity index (χ1n) is 5.13. The molecule has 2 heterocycles.